The van der Waals surface area contributed by atoms with E-state index in [4.69, 9.17) is 9.47 Å². The Morgan fingerprint density at radius 1 is 1.07 bits per heavy atom. The number of nitrogens with one attached hydrogen (secondary N) is 2. The minimum Gasteiger partial charge on any atom is -0.486 e. The summed E-state index contributed by atoms with van der Waals surface area (Å²) in [5.74, 6) is 2.00. The third-order valence-corrected chi connectivity index (χ3v) is 5.75. The molecule has 1 aliphatic carbocycles. The lowest BCUT2D eigenvalue weighted by molar-refractivity contribution is 0.171. The van der Waals surface area contributed by atoms with Gasteiger partial charge < -0.3 is 20.1 Å². The normalized spacial score (nSPS) is 17.7. The van der Waals surface area contributed by atoms with E-state index >= 15 is 0 Å². The number of halogens is 1. The second kappa shape index (κ2) is 7.80. The number of hydrogen-bond donors (Lipinski definition) is 2. The van der Waals surface area contributed by atoms with Crippen LogP contribution in [0.5, 0.6) is 11.5 Å². The average molecular weight is 431 g/mol. The van der Waals surface area contributed by atoms with Gasteiger partial charge in [-0.3, -0.25) is 0 Å². The van der Waals surface area contributed by atoms with Crippen LogP contribution in [0.25, 0.3) is 0 Å². The van der Waals surface area contributed by atoms with Crippen molar-refractivity contribution in [1.82, 2.24) is 10.6 Å². The van der Waals surface area contributed by atoms with Crippen LogP contribution < -0.4 is 20.1 Å². The lowest BCUT2D eigenvalue weighted by atomic mass is 10.0. The maximum atomic E-state index is 12.6. The summed E-state index contributed by atoms with van der Waals surface area (Å²) in [6, 6.07) is 13.6. The second-order valence-electron chi connectivity index (χ2n) is 7.08. The zero-order valence-electron chi connectivity index (χ0n) is 15.2. The summed E-state index contributed by atoms with van der Waals surface area (Å²) < 4.78 is 12.3. The van der Waals surface area contributed by atoms with Crippen molar-refractivity contribution in [2.45, 2.75) is 31.8 Å². The quantitative estimate of drug-likeness (QED) is 0.720. The number of hydrogen-bond acceptors (Lipinski definition) is 3. The number of urea groups is 1. The second-order valence-corrected chi connectivity index (χ2v) is 7.93. The maximum absolute atomic E-state index is 12.6. The van der Waals surface area contributed by atoms with Gasteiger partial charge in [0.15, 0.2) is 11.5 Å². The Morgan fingerprint density at radius 2 is 1.81 bits per heavy atom. The van der Waals surface area contributed by atoms with Gasteiger partial charge in [0, 0.05) is 4.47 Å². The Bertz CT molecular complexity index is 838. The van der Waals surface area contributed by atoms with Crippen molar-refractivity contribution in [2.75, 3.05) is 13.2 Å². The predicted octanol–water partition coefficient (Wildman–Crippen LogP) is 4.73. The van der Waals surface area contributed by atoms with Gasteiger partial charge in [-0.2, -0.15) is 0 Å². The number of benzene rings is 2. The largest absolute Gasteiger partial charge is 0.486 e. The van der Waals surface area contributed by atoms with Gasteiger partial charge in [-0.25, -0.2) is 4.79 Å². The van der Waals surface area contributed by atoms with Gasteiger partial charge in [0.25, 0.3) is 0 Å². The average Bonchev–Trinajstić information content (AvgIpc) is 3.51. The molecule has 0 bridgehead atoms. The van der Waals surface area contributed by atoms with Crippen molar-refractivity contribution in [2.24, 2.45) is 5.92 Å². The van der Waals surface area contributed by atoms with E-state index < -0.39 is 0 Å². The van der Waals surface area contributed by atoms with E-state index in [9.17, 15) is 4.79 Å². The van der Waals surface area contributed by atoms with Crippen LogP contribution in [-0.2, 0) is 0 Å². The molecule has 2 aliphatic rings. The molecule has 142 valence electrons. The summed E-state index contributed by atoms with van der Waals surface area (Å²) in [5, 5.41) is 6.21. The fraction of sp³-hybridized carbons (Fsp3) is 0.381. The highest BCUT2D eigenvalue weighted by atomic mass is 79.9. The molecule has 2 aromatic rings. The molecule has 2 atom stereocenters. The molecule has 5 nitrogen and oxygen atoms in total. The summed E-state index contributed by atoms with van der Waals surface area (Å²) in [5.41, 5.74) is 2.11. The molecule has 0 saturated heterocycles. The molecule has 2 amide bonds. The third kappa shape index (κ3) is 4.21. The zero-order valence-corrected chi connectivity index (χ0v) is 16.8. The van der Waals surface area contributed by atoms with E-state index in [2.05, 4.69) is 26.6 Å². The Hall–Kier alpha value is -2.21. The van der Waals surface area contributed by atoms with Crippen LogP contribution in [0.3, 0.4) is 0 Å². The fourth-order valence-corrected chi connectivity index (χ4v) is 4.07. The highest BCUT2D eigenvalue weighted by Gasteiger charge is 2.34. The van der Waals surface area contributed by atoms with Crippen molar-refractivity contribution in [3.05, 3.63) is 58.1 Å². The van der Waals surface area contributed by atoms with E-state index in [1.54, 1.807) is 0 Å². The fourth-order valence-electron chi connectivity index (χ4n) is 3.44. The van der Waals surface area contributed by atoms with E-state index in [1.807, 2.05) is 49.4 Å². The van der Waals surface area contributed by atoms with E-state index in [1.165, 1.54) is 0 Å². The lowest BCUT2D eigenvalue weighted by Gasteiger charge is -2.24. The first-order valence-corrected chi connectivity index (χ1v) is 10.1. The Morgan fingerprint density at radius 3 is 2.56 bits per heavy atom. The molecule has 1 saturated carbocycles. The van der Waals surface area contributed by atoms with Gasteiger partial charge in [0.1, 0.15) is 13.2 Å². The smallest absolute Gasteiger partial charge is 0.315 e. The van der Waals surface area contributed by atoms with Crippen molar-refractivity contribution < 1.29 is 14.3 Å². The van der Waals surface area contributed by atoms with E-state index in [0.717, 1.165) is 39.9 Å². The molecule has 1 heterocycles. The molecule has 2 aromatic carbocycles. The van der Waals surface area contributed by atoms with Crippen LogP contribution in [0.15, 0.2) is 46.9 Å². The number of carbonyl (C=O) groups excluding carboxylic acids is 1. The van der Waals surface area contributed by atoms with Crippen molar-refractivity contribution in [1.29, 1.82) is 0 Å². The van der Waals surface area contributed by atoms with Crippen molar-refractivity contribution in [3.63, 3.8) is 0 Å². The number of amides is 2. The number of ether oxygens (including phenoxy) is 2. The summed E-state index contributed by atoms with van der Waals surface area (Å²) in [4.78, 5) is 12.6. The topological polar surface area (TPSA) is 59.6 Å². The van der Waals surface area contributed by atoms with Crippen molar-refractivity contribution >= 4 is 22.0 Å². The molecule has 0 aromatic heterocycles. The number of fused-ring (bicyclic) bond motifs is 1. The third-order valence-electron chi connectivity index (χ3n) is 5.02. The molecule has 0 spiro atoms. The van der Waals surface area contributed by atoms with Gasteiger partial charge in [-0.15, -0.1) is 0 Å². The van der Waals surface area contributed by atoms with Crippen LogP contribution in [0.4, 0.5) is 4.79 Å². The minimum atomic E-state index is -0.162. The molecule has 1 aliphatic heterocycles. The van der Waals surface area contributed by atoms with Gasteiger partial charge >= 0.3 is 6.03 Å². The first-order chi connectivity index (χ1) is 13.1. The maximum Gasteiger partial charge on any atom is 0.315 e. The number of carbonyl (C=O) groups is 1. The van der Waals surface area contributed by atoms with E-state index in [0.29, 0.717) is 19.1 Å². The van der Waals surface area contributed by atoms with Crippen molar-refractivity contribution in [3.8, 4) is 11.5 Å². The Labute approximate surface area is 167 Å². The molecular weight excluding hydrogens is 408 g/mol. The SMILES string of the molecule is CC(NC(=O)NC(c1ccc2c(c1)OCCO2)C1CC1)c1ccccc1Br. The Balaban J connectivity index is 1.46. The van der Waals surface area contributed by atoms with Gasteiger partial charge in [0.2, 0.25) is 0 Å². The molecule has 2 unspecified atom stereocenters. The highest BCUT2D eigenvalue weighted by Crippen LogP contribution is 2.43. The summed E-state index contributed by atoms with van der Waals surface area (Å²) >= 11 is 3.55. The molecular formula is C21H23BrN2O3. The predicted molar refractivity (Wildman–Crippen MR) is 107 cm³/mol. The monoisotopic (exact) mass is 430 g/mol. The van der Waals surface area contributed by atoms with Gasteiger partial charge in [0.05, 0.1) is 12.1 Å². The van der Waals surface area contributed by atoms with Crippen LogP contribution in [0.2, 0.25) is 0 Å². The first kappa shape index (κ1) is 18.2. The summed E-state index contributed by atoms with van der Waals surface area (Å²) in [6.07, 6.45) is 2.25. The highest BCUT2D eigenvalue weighted by molar-refractivity contribution is 9.10. The van der Waals surface area contributed by atoms with Gasteiger partial charge in [-0.05, 0) is 55.0 Å². The molecule has 27 heavy (non-hydrogen) atoms. The van der Waals surface area contributed by atoms with Crippen LogP contribution >= 0.6 is 15.9 Å². The van der Waals surface area contributed by atoms with Gasteiger partial charge in [-0.1, -0.05) is 40.2 Å². The van der Waals surface area contributed by atoms with Crippen LogP contribution in [0.1, 0.15) is 43.0 Å². The minimum absolute atomic E-state index is 0.0211. The number of rotatable bonds is 5. The van der Waals surface area contributed by atoms with Crippen LogP contribution in [0, 0.1) is 5.92 Å². The molecule has 4 rings (SSSR count). The van der Waals surface area contributed by atoms with E-state index in [-0.39, 0.29) is 18.1 Å². The standard InChI is InChI=1S/C21H23BrN2O3/c1-13(16-4-2-3-5-17(16)22)23-21(25)24-20(14-6-7-14)15-8-9-18-19(12-15)27-11-10-26-18/h2-5,8-9,12-14,20H,6-7,10-11H2,1H3,(H2,23,24,25). The molecule has 6 heteroatoms. The lowest BCUT2D eigenvalue weighted by Crippen LogP contribution is -2.40. The molecule has 0 radical (unpaired) electrons. The van der Waals surface area contributed by atoms with Crippen LogP contribution in [-0.4, -0.2) is 19.2 Å². The summed E-state index contributed by atoms with van der Waals surface area (Å²) in [6.45, 7) is 3.11. The first-order valence-electron chi connectivity index (χ1n) is 9.33. The zero-order chi connectivity index (χ0) is 18.8. The Kier molecular flexibility index (Phi) is 5.25. The molecule has 1 fully saturated rings. The summed E-state index contributed by atoms with van der Waals surface area (Å²) in [7, 11) is 0. The molecule has 2 N–H and O–H groups in total.